The molecule has 1 fully saturated rings. The Hall–Kier alpha value is -3.14. The van der Waals surface area contributed by atoms with Crippen molar-refractivity contribution in [1.82, 2.24) is 10.2 Å². The summed E-state index contributed by atoms with van der Waals surface area (Å²) in [5.41, 5.74) is 4.37. The smallest absolute Gasteiger partial charge is 0.253 e. The number of nitrogens with one attached hydrogen (secondary N) is 1. The van der Waals surface area contributed by atoms with Crippen LogP contribution in [-0.4, -0.2) is 36.9 Å². The standard InChI is InChI=1S/C27H30N2O2/c1-19-5-8-21(9-6-19)22-10-11-24-17-25(13-12-23(24)16-22)27(31)29-15-3-4-20(18-29)7-14-26(30)28-2/h5-6,8-13,16-17,20H,3-4,7,14-15,18H2,1-2H3,(H,28,30). The maximum Gasteiger partial charge on any atom is 0.253 e. The molecule has 3 aromatic rings. The molecule has 4 heteroatoms. The molecule has 2 amide bonds. The number of piperidine rings is 1. The van der Waals surface area contributed by atoms with Gasteiger partial charge in [-0.3, -0.25) is 9.59 Å². The Morgan fingerprint density at radius 3 is 2.45 bits per heavy atom. The largest absolute Gasteiger partial charge is 0.359 e. The van der Waals surface area contributed by atoms with Crippen molar-refractivity contribution in [2.45, 2.75) is 32.6 Å². The summed E-state index contributed by atoms with van der Waals surface area (Å²) in [5, 5.41) is 4.89. The van der Waals surface area contributed by atoms with E-state index in [2.05, 4.69) is 54.7 Å². The zero-order valence-electron chi connectivity index (χ0n) is 18.4. The molecule has 1 aliphatic rings. The summed E-state index contributed by atoms with van der Waals surface area (Å²) in [4.78, 5) is 26.7. The topological polar surface area (TPSA) is 49.4 Å². The highest BCUT2D eigenvalue weighted by Crippen LogP contribution is 2.27. The number of amides is 2. The van der Waals surface area contributed by atoms with Gasteiger partial charge in [0.2, 0.25) is 5.91 Å². The number of hydrogen-bond donors (Lipinski definition) is 1. The Kier molecular flexibility index (Phi) is 6.36. The van der Waals surface area contributed by atoms with Crippen molar-refractivity contribution in [2.75, 3.05) is 20.1 Å². The molecule has 0 spiro atoms. The molecule has 160 valence electrons. The third kappa shape index (κ3) is 4.96. The van der Waals surface area contributed by atoms with E-state index in [9.17, 15) is 9.59 Å². The molecule has 1 N–H and O–H groups in total. The number of likely N-dealkylation sites (tertiary alicyclic amines) is 1. The fourth-order valence-electron chi connectivity index (χ4n) is 4.43. The van der Waals surface area contributed by atoms with Crippen molar-refractivity contribution in [1.29, 1.82) is 0 Å². The minimum absolute atomic E-state index is 0.0722. The number of nitrogens with zero attached hydrogens (tertiary/aromatic N) is 1. The van der Waals surface area contributed by atoms with Crippen LogP contribution in [0.1, 0.15) is 41.6 Å². The van der Waals surface area contributed by atoms with Gasteiger partial charge in [0.1, 0.15) is 0 Å². The normalized spacial score (nSPS) is 16.3. The van der Waals surface area contributed by atoms with Crippen LogP contribution in [0.3, 0.4) is 0 Å². The Morgan fingerprint density at radius 1 is 0.968 bits per heavy atom. The second kappa shape index (κ2) is 9.34. The van der Waals surface area contributed by atoms with Crippen LogP contribution in [0, 0.1) is 12.8 Å². The van der Waals surface area contributed by atoms with E-state index < -0.39 is 0 Å². The van der Waals surface area contributed by atoms with Gasteiger partial charge in [-0.1, -0.05) is 48.0 Å². The first kappa shape index (κ1) is 21.1. The first-order chi connectivity index (χ1) is 15.0. The van der Waals surface area contributed by atoms with Crippen molar-refractivity contribution in [3.05, 3.63) is 71.8 Å². The highest BCUT2D eigenvalue weighted by molar-refractivity contribution is 5.99. The summed E-state index contributed by atoms with van der Waals surface area (Å²) >= 11 is 0. The minimum Gasteiger partial charge on any atom is -0.359 e. The highest BCUT2D eigenvalue weighted by Gasteiger charge is 2.25. The number of carbonyl (C=O) groups excluding carboxylic acids is 2. The van der Waals surface area contributed by atoms with Gasteiger partial charge in [0.15, 0.2) is 0 Å². The first-order valence-electron chi connectivity index (χ1n) is 11.1. The molecule has 1 saturated heterocycles. The molecule has 1 atom stereocenters. The van der Waals surface area contributed by atoms with Crippen molar-refractivity contribution in [2.24, 2.45) is 5.92 Å². The predicted molar refractivity (Wildman–Crippen MR) is 126 cm³/mol. The molecule has 3 aromatic carbocycles. The Balaban J connectivity index is 1.48. The Morgan fingerprint density at radius 2 is 1.68 bits per heavy atom. The van der Waals surface area contributed by atoms with Crippen molar-refractivity contribution in [3.8, 4) is 11.1 Å². The molecule has 4 nitrogen and oxygen atoms in total. The summed E-state index contributed by atoms with van der Waals surface area (Å²) in [6, 6.07) is 20.9. The second-order valence-electron chi connectivity index (χ2n) is 8.61. The maximum atomic E-state index is 13.2. The average Bonchev–Trinajstić information content (AvgIpc) is 2.82. The average molecular weight is 415 g/mol. The lowest BCUT2D eigenvalue weighted by molar-refractivity contribution is -0.120. The SMILES string of the molecule is CNC(=O)CCC1CCCN(C(=O)c2ccc3cc(-c4ccc(C)cc4)ccc3c2)C1. The van der Waals surface area contributed by atoms with E-state index in [4.69, 9.17) is 0 Å². The van der Waals surface area contributed by atoms with E-state index in [1.807, 2.05) is 23.1 Å². The van der Waals surface area contributed by atoms with E-state index in [-0.39, 0.29) is 11.8 Å². The Bertz CT molecular complexity index is 1090. The van der Waals surface area contributed by atoms with Gasteiger partial charge in [-0.05, 0) is 72.2 Å². The van der Waals surface area contributed by atoms with Crippen LogP contribution in [0.25, 0.3) is 21.9 Å². The van der Waals surface area contributed by atoms with E-state index in [0.717, 1.165) is 48.7 Å². The van der Waals surface area contributed by atoms with E-state index in [0.29, 0.717) is 12.3 Å². The van der Waals surface area contributed by atoms with Crippen LogP contribution in [0.15, 0.2) is 60.7 Å². The van der Waals surface area contributed by atoms with E-state index in [1.54, 1.807) is 7.05 Å². The zero-order valence-corrected chi connectivity index (χ0v) is 18.4. The van der Waals surface area contributed by atoms with Crippen LogP contribution >= 0.6 is 0 Å². The molecule has 0 radical (unpaired) electrons. The monoisotopic (exact) mass is 414 g/mol. The maximum absolute atomic E-state index is 13.2. The molecule has 0 aliphatic carbocycles. The lowest BCUT2D eigenvalue weighted by Gasteiger charge is -2.33. The van der Waals surface area contributed by atoms with Gasteiger partial charge < -0.3 is 10.2 Å². The van der Waals surface area contributed by atoms with Crippen LogP contribution in [0.5, 0.6) is 0 Å². The van der Waals surface area contributed by atoms with Crippen molar-refractivity contribution < 1.29 is 9.59 Å². The molecule has 0 bridgehead atoms. The number of benzene rings is 3. The molecule has 0 saturated carbocycles. The van der Waals surface area contributed by atoms with E-state index >= 15 is 0 Å². The number of aryl methyl sites for hydroxylation is 1. The van der Waals surface area contributed by atoms with Gasteiger partial charge in [0, 0.05) is 32.1 Å². The quantitative estimate of drug-likeness (QED) is 0.624. The second-order valence-corrected chi connectivity index (χ2v) is 8.61. The molecule has 1 heterocycles. The zero-order chi connectivity index (χ0) is 21.8. The summed E-state index contributed by atoms with van der Waals surface area (Å²) in [6.07, 6.45) is 3.45. The fourth-order valence-corrected chi connectivity index (χ4v) is 4.43. The minimum atomic E-state index is 0.0722. The molecule has 4 rings (SSSR count). The molecule has 1 unspecified atom stereocenters. The van der Waals surface area contributed by atoms with Gasteiger partial charge in [0.25, 0.3) is 5.91 Å². The lowest BCUT2D eigenvalue weighted by atomic mass is 9.92. The third-order valence-electron chi connectivity index (χ3n) is 6.34. The summed E-state index contributed by atoms with van der Waals surface area (Å²) in [5.74, 6) is 0.560. The van der Waals surface area contributed by atoms with Crippen molar-refractivity contribution >= 4 is 22.6 Å². The van der Waals surface area contributed by atoms with Gasteiger partial charge in [-0.15, -0.1) is 0 Å². The molecule has 1 aliphatic heterocycles. The Labute approximate surface area is 184 Å². The third-order valence-corrected chi connectivity index (χ3v) is 6.34. The van der Waals surface area contributed by atoms with Gasteiger partial charge in [0.05, 0.1) is 0 Å². The van der Waals surface area contributed by atoms with Crippen molar-refractivity contribution in [3.63, 3.8) is 0 Å². The summed E-state index contributed by atoms with van der Waals surface area (Å²) < 4.78 is 0. The van der Waals surface area contributed by atoms with Crippen LogP contribution in [-0.2, 0) is 4.79 Å². The summed E-state index contributed by atoms with van der Waals surface area (Å²) in [7, 11) is 1.67. The number of carbonyl (C=O) groups is 2. The molecule has 0 aromatic heterocycles. The summed E-state index contributed by atoms with van der Waals surface area (Å²) in [6.45, 7) is 3.62. The molecule has 31 heavy (non-hydrogen) atoms. The molecular weight excluding hydrogens is 384 g/mol. The van der Waals surface area contributed by atoms with Gasteiger partial charge in [-0.25, -0.2) is 0 Å². The number of hydrogen-bond acceptors (Lipinski definition) is 2. The number of rotatable bonds is 5. The lowest BCUT2D eigenvalue weighted by Crippen LogP contribution is -2.40. The predicted octanol–water partition coefficient (Wildman–Crippen LogP) is 5.19. The van der Waals surface area contributed by atoms with E-state index in [1.165, 1.54) is 16.7 Å². The van der Waals surface area contributed by atoms with Crippen LogP contribution < -0.4 is 5.32 Å². The fraction of sp³-hybridized carbons (Fsp3) is 0.333. The highest BCUT2D eigenvalue weighted by atomic mass is 16.2. The first-order valence-corrected chi connectivity index (χ1v) is 11.1. The van der Waals surface area contributed by atoms with Crippen LogP contribution in [0.4, 0.5) is 0 Å². The van der Waals surface area contributed by atoms with Gasteiger partial charge >= 0.3 is 0 Å². The van der Waals surface area contributed by atoms with Gasteiger partial charge in [-0.2, -0.15) is 0 Å². The van der Waals surface area contributed by atoms with Crippen LogP contribution in [0.2, 0.25) is 0 Å². The number of fused-ring (bicyclic) bond motifs is 1. The molecular formula is C27H30N2O2.